The van der Waals surface area contributed by atoms with Crippen LogP contribution in [0, 0.1) is 11.8 Å². The van der Waals surface area contributed by atoms with E-state index in [-0.39, 0.29) is 0 Å². The Morgan fingerprint density at radius 2 is 1.78 bits per heavy atom. The van der Waals surface area contributed by atoms with Crippen molar-refractivity contribution in [3.8, 4) is 0 Å². The summed E-state index contributed by atoms with van der Waals surface area (Å²) < 4.78 is 0. The van der Waals surface area contributed by atoms with Crippen molar-refractivity contribution in [2.45, 2.75) is 57.0 Å². The topological polar surface area (TPSA) is 23.6 Å². The van der Waals surface area contributed by atoms with E-state index in [1.807, 2.05) is 0 Å². The highest BCUT2D eigenvalue weighted by Crippen LogP contribution is 2.42. The summed E-state index contributed by atoms with van der Waals surface area (Å²) in [6.07, 6.45) is 8.78. The van der Waals surface area contributed by atoms with Crippen LogP contribution in [0.1, 0.15) is 44.9 Å². The van der Waals surface area contributed by atoms with Gasteiger partial charge in [-0.3, -0.25) is 9.69 Å². The van der Waals surface area contributed by atoms with Crippen LogP contribution in [-0.2, 0) is 4.79 Å². The molecule has 2 bridgehead atoms. The summed E-state index contributed by atoms with van der Waals surface area (Å²) in [4.78, 5) is 17.2. The number of hydrogen-bond acceptors (Lipinski definition) is 2. The van der Waals surface area contributed by atoms with Gasteiger partial charge in [0.25, 0.3) is 0 Å². The monoisotopic (exact) mass is 248 g/mol. The molecular weight excluding hydrogens is 224 g/mol. The zero-order valence-corrected chi connectivity index (χ0v) is 11.2. The lowest BCUT2D eigenvalue weighted by Gasteiger charge is -2.56. The molecule has 100 valence electrons. The number of amides is 1. The van der Waals surface area contributed by atoms with Crippen molar-refractivity contribution in [1.82, 2.24) is 9.80 Å². The molecule has 4 aliphatic rings. The van der Waals surface area contributed by atoms with E-state index in [0.717, 1.165) is 37.3 Å². The molecule has 1 amide bonds. The quantitative estimate of drug-likeness (QED) is 0.653. The van der Waals surface area contributed by atoms with Gasteiger partial charge in [-0.15, -0.1) is 0 Å². The highest BCUT2D eigenvalue weighted by atomic mass is 16.2. The molecule has 3 heteroatoms. The second kappa shape index (κ2) is 4.22. The van der Waals surface area contributed by atoms with Crippen molar-refractivity contribution in [2.75, 3.05) is 19.6 Å². The number of rotatable bonds is 0. The van der Waals surface area contributed by atoms with Gasteiger partial charge >= 0.3 is 0 Å². The molecule has 3 nitrogen and oxygen atoms in total. The standard InChI is InChI=1S/C15H24N2O/c18-15-6-3-5-14-11-8-12(10-17(14)15)13-4-1-2-7-16(13)9-11/h11-14H,1-10H2/t11-,12-,13+,14+/m1/s1. The molecule has 18 heavy (non-hydrogen) atoms. The third-order valence-electron chi connectivity index (χ3n) is 5.87. The summed E-state index contributed by atoms with van der Waals surface area (Å²) in [6.45, 7) is 3.66. The minimum absolute atomic E-state index is 0.449. The first-order valence-electron chi connectivity index (χ1n) is 7.86. The first kappa shape index (κ1) is 11.3. The molecule has 4 fully saturated rings. The zero-order chi connectivity index (χ0) is 12.1. The fraction of sp³-hybridized carbons (Fsp3) is 0.933. The molecule has 4 aliphatic heterocycles. The van der Waals surface area contributed by atoms with Crippen LogP contribution in [0.3, 0.4) is 0 Å². The highest BCUT2D eigenvalue weighted by molar-refractivity contribution is 5.77. The van der Waals surface area contributed by atoms with Crippen molar-refractivity contribution in [1.29, 1.82) is 0 Å². The van der Waals surface area contributed by atoms with E-state index in [1.54, 1.807) is 0 Å². The normalized spacial score (nSPS) is 44.4. The summed E-state index contributed by atoms with van der Waals surface area (Å²) >= 11 is 0. The molecule has 0 unspecified atom stereocenters. The summed E-state index contributed by atoms with van der Waals surface area (Å²) in [5.41, 5.74) is 0. The van der Waals surface area contributed by atoms with Crippen LogP contribution in [0.2, 0.25) is 0 Å². The van der Waals surface area contributed by atoms with Gasteiger partial charge in [0.15, 0.2) is 0 Å². The third-order valence-corrected chi connectivity index (χ3v) is 5.87. The highest BCUT2D eigenvalue weighted by Gasteiger charge is 2.47. The number of fused-ring (bicyclic) bond motifs is 6. The van der Waals surface area contributed by atoms with E-state index in [9.17, 15) is 4.79 Å². The summed E-state index contributed by atoms with van der Waals surface area (Å²) in [7, 11) is 0. The van der Waals surface area contributed by atoms with Crippen LogP contribution < -0.4 is 0 Å². The molecule has 0 aromatic heterocycles. The molecule has 0 radical (unpaired) electrons. The first-order valence-corrected chi connectivity index (χ1v) is 7.86. The van der Waals surface area contributed by atoms with Gasteiger partial charge in [-0.05, 0) is 50.5 Å². The Morgan fingerprint density at radius 1 is 0.944 bits per heavy atom. The molecule has 0 aromatic carbocycles. The molecule has 0 aromatic rings. The van der Waals surface area contributed by atoms with E-state index in [0.29, 0.717) is 11.9 Å². The largest absolute Gasteiger partial charge is 0.339 e. The molecule has 0 spiro atoms. The number of hydrogen-bond donors (Lipinski definition) is 0. The maximum atomic E-state index is 12.1. The molecule has 4 heterocycles. The number of carbonyl (C=O) groups is 1. The van der Waals surface area contributed by atoms with Crippen molar-refractivity contribution in [3.63, 3.8) is 0 Å². The van der Waals surface area contributed by atoms with Crippen molar-refractivity contribution >= 4 is 5.91 Å². The van der Waals surface area contributed by atoms with Gasteiger partial charge in [-0.25, -0.2) is 0 Å². The average molecular weight is 248 g/mol. The Morgan fingerprint density at radius 3 is 2.72 bits per heavy atom. The van der Waals surface area contributed by atoms with Gasteiger partial charge in [-0.2, -0.15) is 0 Å². The molecule has 4 saturated heterocycles. The van der Waals surface area contributed by atoms with E-state index in [4.69, 9.17) is 0 Å². The van der Waals surface area contributed by atoms with Crippen molar-refractivity contribution < 1.29 is 4.79 Å². The third kappa shape index (κ3) is 1.63. The maximum Gasteiger partial charge on any atom is 0.222 e. The van der Waals surface area contributed by atoms with Crippen molar-refractivity contribution in [2.24, 2.45) is 11.8 Å². The second-order valence-electron chi connectivity index (χ2n) is 6.82. The summed E-state index contributed by atoms with van der Waals surface area (Å²) in [5.74, 6) is 2.01. The van der Waals surface area contributed by atoms with E-state index in [2.05, 4.69) is 9.80 Å². The van der Waals surface area contributed by atoms with Crippen LogP contribution in [-0.4, -0.2) is 47.4 Å². The van der Waals surface area contributed by atoms with Gasteiger partial charge in [0.05, 0.1) is 0 Å². The number of piperidine rings is 4. The van der Waals surface area contributed by atoms with Gasteiger partial charge in [0.1, 0.15) is 0 Å². The molecule has 0 N–H and O–H groups in total. The minimum Gasteiger partial charge on any atom is -0.339 e. The lowest BCUT2D eigenvalue weighted by atomic mass is 9.71. The second-order valence-corrected chi connectivity index (χ2v) is 6.82. The Bertz CT molecular complexity index is 356. The smallest absolute Gasteiger partial charge is 0.222 e. The van der Waals surface area contributed by atoms with Crippen LogP contribution >= 0.6 is 0 Å². The lowest BCUT2D eigenvalue weighted by Crippen LogP contribution is -2.64. The van der Waals surface area contributed by atoms with Crippen LogP contribution in [0.4, 0.5) is 0 Å². The SMILES string of the molecule is O=C1CCC[C@H]2[C@@H]3C[C@H](CN12)[C@@H]1CCCCN1C3. The Balaban J connectivity index is 1.59. The van der Waals surface area contributed by atoms with Crippen molar-refractivity contribution in [3.05, 3.63) is 0 Å². The predicted octanol–water partition coefficient (Wildman–Crippen LogP) is 1.87. The van der Waals surface area contributed by atoms with Gasteiger partial charge in [-0.1, -0.05) is 6.42 Å². The number of carbonyl (C=O) groups excluding carboxylic acids is 1. The maximum absolute atomic E-state index is 12.1. The van der Waals surface area contributed by atoms with Crippen LogP contribution in [0.5, 0.6) is 0 Å². The molecule has 4 rings (SSSR count). The predicted molar refractivity (Wildman–Crippen MR) is 70.2 cm³/mol. The fourth-order valence-corrected chi connectivity index (χ4v) is 5.10. The van der Waals surface area contributed by atoms with Crippen LogP contribution in [0.25, 0.3) is 0 Å². The van der Waals surface area contributed by atoms with Gasteiger partial charge in [0, 0.05) is 31.6 Å². The summed E-state index contributed by atoms with van der Waals surface area (Å²) in [6, 6.07) is 1.39. The molecule has 0 aliphatic carbocycles. The molecule has 0 saturated carbocycles. The van der Waals surface area contributed by atoms with E-state index in [1.165, 1.54) is 45.2 Å². The van der Waals surface area contributed by atoms with E-state index < -0.39 is 0 Å². The Labute approximate surface area is 110 Å². The first-order chi connectivity index (χ1) is 8.83. The average Bonchev–Trinajstić information content (AvgIpc) is 2.40. The van der Waals surface area contributed by atoms with E-state index >= 15 is 0 Å². The molecule has 4 atom stereocenters. The van der Waals surface area contributed by atoms with Gasteiger partial charge in [0.2, 0.25) is 5.91 Å². The Hall–Kier alpha value is -0.570. The Kier molecular flexibility index (Phi) is 2.65. The fourth-order valence-electron chi connectivity index (χ4n) is 5.10. The lowest BCUT2D eigenvalue weighted by molar-refractivity contribution is -0.148. The summed E-state index contributed by atoms with van der Waals surface area (Å²) in [5, 5.41) is 0. The molecular formula is C15H24N2O. The van der Waals surface area contributed by atoms with Crippen LogP contribution in [0.15, 0.2) is 0 Å². The minimum atomic E-state index is 0.449. The number of nitrogens with zero attached hydrogens (tertiary/aromatic N) is 2. The van der Waals surface area contributed by atoms with Gasteiger partial charge < -0.3 is 4.90 Å². The zero-order valence-electron chi connectivity index (χ0n) is 11.2.